The Morgan fingerprint density at radius 3 is 2.49 bits per heavy atom. The van der Waals surface area contributed by atoms with Crippen molar-refractivity contribution in [3.05, 3.63) is 81.8 Å². The molecule has 0 saturated carbocycles. The number of pyridine rings is 1. The summed E-state index contributed by atoms with van der Waals surface area (Å²) in [5, 5.41) is 12.3. The van der Waals surface area contributed by atoms with Crippen LogP contribution >= 0.6 is 11.3 Å². The largest absolute Gasteiger partial charge is 0.392 e. The monoisotopic (exact) mass is 548 g/mol. The van der Waals surface area contributed by atoms with Crippen LogP contribution in [0, 0.1) is 6.92 Å². The Morgan fingerprint density at radius 2 is 1.92 bits per heavy atom. The van der Waals surface area contributed by atoms with E-state index >= 15 is 0 Å². The second kappa shape index (κ2) is 13.5. The summed E-state index contributed by atoms with van der Waals surface area (Å²) in [7, 11) is 5.86. The summed E-state index contributed by atoms with van der Waals surface area (Å²) in [6, 6.07) is 10.1. The molecule has 5 rings (SSSR count). The number of benzene rings is 1. The number of nitrogens with one attached hydrogen (secondary N) is 3. The van der Waals surface area contributed by atoms with Crippen molar-refractivity contribution in [3.8, 4) is 0 Å². The number of hydrogen-bond donors (Lipinski definition) is 3. The molecule has 1 spiro atoms. The van der Waals surface area contributed by atoms with E-state index in [0.29, 0.717) is 13.1 Å². The van der Waals surface area contributed by atoms with Crippen molar-refractivity contribution >= 4 is 40.1 Å². The molecule has 2 aromatic heterocycles. The van der Waals surface area contributed by atoms with Crippen molar-refractivity contribution in [2.75, 3.05) is 46.1 Å². The minimum absolute atomic E-state index is 0.0694. The number of fused-ring (bicyclic) bond motifs is 1. The lowest BCUT2D eigenvalue weighted by molar-refractivity contribution is -0.132. The van der Waals surface area contributed by atoms with E-state index in [1.54, 1.807) is 0 Å². The third-order valence-corrected chi connectivity index (χ3v) is 8.31. The first-order valence-electron chi connectivity index (χ1n) is 13.0. The van der Waals surface area contributed by atoms with E-state index < -0.39 is 5.66 Å². The van der Waals surface area contributed by atoms with Crippen molar-refractivity contribution < 1.29 is 9.59 Å². The number of para-hydroxylation sites is 1. The summed E-state index contributed by atoms with van der Waals surface area (Å²) in [5.74, 6) is 0.0694. The number of aldehydes is 1. The third-order valence-electron chi connectivity index (χ3n) is 7.28. The number of aryl methyl sites for hydroxylation is 1. The summed E-state index contributed by atoms with van der Waals surface area (Å²) < 4.78 is 0. The molecular formula is C30H40N6O2S. The summed E-state index contributed by atoms with van der Waals surface area (Å²) in [4.78, 5) is 32.0. The highest BCUT2D eigenvalue weighted by Crippen LogP contribution is 2.33. The molecule has 2 fully saturated rings. The van der Waals surface area contributed by atoms with E-state index in [0.717, 1.165) is 52.0 Å². The van der Waals surface area contributed by atoms with Gasteiger partial charge in [0.15, 0.2) is 11.9 Å². The number of carbonyl (C=O) groups excluding carboxylic acids is 2. The van der Waals surface area contributed by atoms with Crippen LogP contribution in [0.5, 0.6) is 0 Å². The van der Waals surface area contributed by atoms with Gasteiger partial charge in [-0.05, 0) is 69.1 Å². The molecule has 8 nitrogen and oxygen atoms in total. The molecule has 1 amide bonds. The Labute approximate surface area is 235 Å². The van der Waals surface area contributed by atoms with Crippen molar-refractivity contribution in [2.24, 2.45) is 0 Å². The van der Waals surface area contributed by atoms with Gasteiger partial charge in [0.2, 0.25) is 0 Å². The predicted octanol–water partition coefficient (Wildman–Crippen LogP) is 4.40. The quantitative estimate of drug-likeness (QED) is 0.322. The zero-order chi connectivity index (χ0) is 28.6. The molecule has 2 aliphatic rings. The zero-order valence-corrected chi connectivity index (χ0v) is 24.6. The number of carbonyl (C=O) groups is 2. The maximum atomic E-state index is 11.8. The van der Waals surface area contributed by atoms with E-state index in [9.17, 15) is 9.59 Å². The van der Waals surface area contributed by atoms with Crippen LogP contribution in [0.1, 0.15) is 34.6 Å². The Hall–Kier alpha value is -3.53. The number of allylic oxidation sites excluding steroid dienone is 2. The van der Waals surface area contributed by atoms with Crippen molar-refractivity contribution in [1.82, 2.24) is 25.4 Å². The standard InChI is InChI=1S/C16H14N2OS.C9H15N3O.C5H11N/c1-11-10-20-15(9-19)16(11)18-8-12-6-7-17-14-5-3-2-4-13(12)14;1-7-6-10-8(13)9(7)11(2)4-5-12(9)3;1-4-5(2)6-3/h2-7,9-10,18H,8H2,1H3;1,4-6H2,2-3H3,(H,10,13);4,6H,1-3H3/b;;5-4+. The molecule has 2 aliphatic heterocycles. The maximum Gasteiger partial charge on any atom is 0.260 e. The SMILES string of the molecule is C/C=C(\C)NC.C=C1CNC(=O)C12N(C)CCN2C.Cc1csc(C=O)c1NCc1ccnc2ccccc12. The Morgan fingerprint density at radius 1 is 1.23 bits per heavy atom. The zero-order valence-electron chi connectivity index (χ0n) is 23.8. The molecule has 4 heterocycles. The summed E-state index contributed by atoms with van der Waals surface area (Å²) in [6.45, 7) is 13.1. The van der Waals surface area contributed by atoms with Gasteiger partial charge < -0.3 is 16.0 Å². The highest BCUT2D eigenvalue weighted by molar-refractivity contribution is 7.12. The van der Waals surface area contributed by atoms with Gasteiger partial charge in [-0.2, -0.15) is 0 Å². The fourth-order valence-corrected chi connectivity index (χ4v) is 5.64. The number of thiophene rings is 1. The lowest BCUT2D eigenvalue weighted by Crippen LogP contribution is -2.56. The minimum Gasteiger partial charge on any atom is -0.392 e. The molecule has 2 saturated heterocycles. The van der Waals surface area contributed by atoms with Crippen molar-refractivity contribution in [1.29, 1.82) is 0 Å². The average Bonchev–Trinajstić information content (AvgIpc) is 3.58. The molecule has 9 heteroatoms. The Balaban J connectivity index is 0.000000189. The molecule has 0 aliphatic carbocycles. The average molecular weight is 549 g/mol. The van der Waals surface area contributed by atoms with Crippen LogP contribution in [0.4, 0.5) is 5.69 Å². The molecule has 208 valence electrons. The van der Waals surface area contributed by atoms with Crippen LogP contribution in [0.3, 0.4) is 0 Å². The van der Waals surface area contributed by atoms with Gasteiger partial charge in [0.1, 0.15) is 0 Å². The third kappa shape index (κ3) is 6.38. The normalized spacial score (nSPS) is 16.8. The molecule has 39 heavy (non-hydrogen) atoms. The number of rotatable bonds is 5. The number of aromatic nitrogens is 1. The topological polar surface area (TPSA) is 89.6 Å². The van der Waals surface area contributed by atoms with E-state index in [-0.39, 0.29) is 5.91 Å². The summed E-state index contributed by atoms with van der Waals surface area (Å²) in [6.07, 6.45) is 4.76. The van der Waals surface area contributed by atoms with Gasteiger partial charge in [0, 0.05) is 50.5 Å². The molecular weight excluding hydrogens is 508 g/mol. The first-order valence-corrected chi connectivity index (χ1v) is 13.9. The lowest BCUT2D eigenvalue weighted by atomic mass is 10.0. The van der Waals surface area contributed by atoms with Gasteiger partial charge in [-0.25, -0.2) is 0 Å². The Kier molecular flexibility index (Phi) is 10.4. The van der Waals surface area contributed by atoms with Gasteiger partial charge in [0.25, 0.3) is 5.91 Å². The number of nitrogens with zero attached hydrogens (tertiary/aromatic N) is 3. The number of likely N-dealkylation sites (N-methyl/N-ethyl adjacent to an activating group) is 2. The highest BCUT2D eigenvalue weighted by atomic mass is 32.1. The second-order valence-corrected chi connectivity index (χ2v) is 10.6. The fraction of sp³-hybridized carbons (Fsp3) is 0.367. The van der Waals surface area contributed by atoms with E-state index in [1.807, 2.05) is 83.8 Å². The van der Waals surface area contributed by atoms with Gasteiger partial charge in [0.05, 0.1) is 16.1 Å². The molecule has 1 aromatic carbocycles. The molecule has 0 radical (unpaired) electrons. The summed E-state index contributed by atoms with van der Waals surface area (Å²) >= 11 is 1.47. The summed E-state index contributed by atoms with van der Waals surface area (Å²) in [5.41, 5.74) is 5.83. The number of anilines is 1. The maximum absolute atomic E-state index is 11.8. The van der Waals surface area contributed by atoms with Gasteiger partial charge in [-0.1, -0.05) is 30.9 Å². The van der Waals surface area contributed by atoms with Crippen LogP contribution in [-0.4, -0.2) is 73.4 Å². The van der Waals surface area contributed by atoms with Gasteiger partial charge in [-0.3, -0.25) is 24.4 Å². The lowest BCUT2D eigenvalue weighted by Gasteiger charge is -2.35. The first kappa shape index (κ1) is 30.0. The van der Waals surface area contributed by atoms with E-state index in [2.05, 4.69) is 43.4 Å². The van der Waals surface area contributed by atoms with Crippen LogP contribution < -0.4 is 16.0 Å². The second-order valence-electron chi connectivity index (χ2n) is 9.64. The van der Waals surface area contributed by atoms with Crippen LogP contribution in [0.15, 0.2) is 65.8 Å². The molecule has 3 aromatic rings. The fourth-order valence-electron chi connectivity index (χ4n) is 4.81. The molecule has 0 unspecified atom stereocenters. The van der Waals surface area contributed by atoms with Crippen LogP contribution in [0.25, 0.3) is 10.9 Å². The Bertz CT molecular complexity index is 1310. The van der Waals surface area contributed by atoms with Crippen molar-refractivity contribution in [2.45, 2.75) is 33.0 Å². The van der Waals surface area contributed by atoms with Gasteiger partial charge in [-0.15, -0.1) is 11.3 Å². The molecule has 0 bridgehead atoms. The van der Waals surface area contributed by atoms with Gasteiger partial charge >= 0.3 is 0 Å². The van der Waals surface area contributed by atoms with Crippen LogP contribution in [-0.2, 0) is 11.3 Å². The van der Waals surface area contributed by atoms with E-state index in [4.69, 9.17) is 0 Å². The number of amides is 1. The minimum atomic E-state index is -0.556. The smallest absolute Gasteiger partial charge is 0.260 e. The molecule has 0 atom stereocenters. The predicted molar refractivity (Wildman–Crippen MR) is 162 cm³/mol. The van der Waals surface area contributed by atoms with Crippen LogP contribution in [0.2, 0.25) is 0 Å². The highest BCUT2D eigenvalue weighted by Gasteiger charge is 2.54. The number of hydrogen-bond acceptors (Lipinski definition) is 8. The first-order chi connectivity index (χ1) is 18.7. The molecule has 3 N–H and O–H groups in total. The van der Waals surface area contributed by atoms with Crippen molar-refractivity contribution in [3.63, 3.8) is 0 Å². The van der Waals surface area contributed by atoms with E-state index in [1.165, 1.54) is 22.6 Å².